The minimum atomic E-state index is -0.421. The van der Waals surface area contributed by atoms with Crippen LogP contribution in [0, 0.1) is 11.6 Å². The first-order valence-electron chi connectivity index (χ1n) is 10.3. The van der Waals surface area contributed by atoms with E-state index >= 15 is 0 Å². The molecule has 7 nitrogen and oxygen atoms in total. The summed E-state index contributed by atoms with van der Waals surface area (Å²) in [5.41, 5.74) is 0.321. The number of fused-ring (bicyclic) bond motifs is 1. The molecule has 0 atom stereocenters. The Hall–Kier alpha value is -1.98. The summed E-state index contributed by atoms with van der Waals surface area (Å²) in [5.74, 6) is 1.96. The molecule has 2 aliphatic heterocycles. The fourth-order valence-electron chi connectivity index (χ4n) is 3.94. The van der Waals surface area contributed by atoms with Crippen LogP contribution in [0.5, 0.6) is 0 Å². The standard InChI is InChI=1S/C20H27F2N7.HI/c1-2-23-20(24-14-19-26-25-18-5-3-4-8-29(18)19)28-11-9-27(10-12-28)17-13-15(21)6-7-16(17)22;/h6-7,13H,2-5,8-12,14H2,1H3,(H,23,24);1H. The van der Waals surface area contributed by atoms with E-state index < -0.39 is 11.6 Å². The van der Waals surface area contributed by atoms with Crippen LogP contribution in [0.1, 0.15) is 31.4 Å². The third kappa shape index (κ3) is 5.01. The summed E-state index contributed by atoms with van der Waals surface area (Å²) in [7, 11) is 0. The van der Waals surface area contributed by atoms with E-state index in [2.05, 4.69) is 25.0 Å². The van der Waals surface area contributed by atoms with Gasteiger partial charge in [-0.15, -0.1) is 34.2 Å². The summed E-state index contributed by atoms with van der Waals surface area (Å²) in [6.07, 6.45) is 3.30. The highest BCUT2D eigenvalue weighted by Crippen LogP contribution is 2.22. The summed E-state index contributed by atoms with van der Waals surface area (Å²) in [5, 5.41) is 11.9. The number of hydrogen-bond donors (Lipinski definition) is 1. The van der Waals surface area contributed by atoms with Gasteiger partial charge in [0.2, 0.25) is 0 Å². The van der Waals surface area contributed by atoms with Crippen molar-refractivity contribution >= 4 is 35.6 Å². The van der Waals surface area contributed by atoms with Crippen molar-refractivity contribution in [2.24, 2.45) is 4.99 Å². The van der Waals surface area contributed by atoms with Gasteiger partial charge in [-0.25, -0.2) is 13.8 Å². The molecule has 1 fully saturated rings. The zero-order valence-corrected chi connectivity index (χ0v) is 19.5. The molecule has 1 N–H and O–H groups in total. The van der Waals surface area contributed by atoms with Gasteiger partial charge in [-0.05, 0) is 31.9 Å². The van der Waals surface area contributed by atoms with Gasteiger partial charge in [-0.2, -0.15) is 0 Å². The fraction of sp³-hybridized carbons (Fsp3) is 0.550. The van der Waals surface area contributed by atoms with E-state index in [1.165, 1.54) is 18.6 Å². The summed E-state index contributed by atoms with van der Waals surface area (Å²) in [6, 6.07) is 3.59. The predicted octanol–water partition coefficient (Wildman–Crippen LogP) is 2.80. The highest BCUT2D eigenvalue weighted by molar-refractivity contribution is 14.0. The van der Waals surface area contributed by atoms with Crippen LogP contribution in [-0.2, 0) is 19.5 Å². The monoisotopic (exact) mass is 531 g/mol. The number of hydrogen-bond acceptors (Lipinski definition) is 4. The van der Waals surface area contributed by atoms with Crippen molar-refractivity contribution in [1.29, 1.82) is 0 Å². The van der Waals surface area contributed by atoms with Crippen molar-refractivity contribution in [3.05, 3.63) is 41.5 Å². The number of nitrogens with zero attached hydrogens (tertiary/aromatic N) is 6. The molecule has 1 saturated heterocycles. The van der Waals surface area contributed by atoms with Crippen LogP contribution in [0.15, 0.2) is 23.2 Å². The molecule has 0 radical (unpaired) electrons. The Balaban J connectivity index is 0.00000256. The van der Waals surface area contributed by atoms with E-state index in [-0.39, 0.29) is 24.0 Å². The van der Waals surface area contributed by atoms with Crippen LogP contribution in [0.2, 0.25) is 0 Å². The molecule has 2 aromatic rings. The molecule has 1 aromatic carbocycles. The molecule has 0 amide bonds. The number of anilines is 1. The number of piperazine rings is 1. The number of halogens is 3. The number of guanidine groups is 1. The number of benzene rings is 1. The average Bonchev–Trinajstić information content (AvgIpc) is 3.16. The number of aryl methyl sites for hydroxylation is 1. The SMILES string of the molecule is CCNC(=NCc1nnc2n1CCCC2)N1CCN(c2cc(F)ccc2F)CC1.I. The van der Waals surface area contributed by atoms with E-state index in [9.17, 15) is 8.78 Å². The van der Waals surface area contributed by atoms with Crippen molar-refractivity contribution in [1.82, 2.24) is 25.0 Å². The molecule has 3 heterocycles. The molecule has 0 saturated carbocycles. The highest BCUT2D eigenvalue weighted by Gasteiger charge is 2.22. The van der Waals surface area contributed by atoms with Gasteiger partial charge in [0.25, 0.3) is 0 Å². The molecule has 0 bridgehead atoms. The van der Waals surface area contributed by atoms with Crippen LogP contribution in [-0.4, -0.2) is 58.3 Å². The number of rotatable bonds is 4. The quantitative estimate of drug-likeness (QED) is 0.374. The molecule has 164 valence electrons. The van der Waals surface area contributed by atoms with Crippen molar-refractivity contribution in [2.45, 2.75) is 39.3 Å². The van der Waals surface area contributed by atoms with Gasteiger partial charge in [0, 0.05) is 51.8 Å². The van der Waals surface area contributed by atoms with Gasteiger partial charge >= 0.3 is 0 Å². The zero-order chi connectivity index (χ0) is 20.2. The van der Waals surface area contributed by atoms with Gasteiger partial charge in [0.15, 0.2) is 11.8 Å². The maximum Gasteiger partial charge on any atom is 0.194 e. The molecular weight excluding hydrogens is 503 g/mol. The fourth-order valence-corrected chi connectivity index (χ4v) is 3.94. The van der Waals surface area contributed by atoms with Gasteiger partial charge in [-0.3, -0.25) is 0 Å². The molecule has 0 aliphatic carbocycles. The Bertz CT molecular complexity index is 878. The summed E-state index contributed by atoms with van der Waals surface area (Å²) in [4.78, 5) is 8.81. The zero-order valence-electron chi connectivity index (χ0n) is 17.2. The van der Waals surface area contributed by atoms with Crippen LogP contribution < -0.4 is 10.2 Å². The summed E-state index contributed by atoms with van der Waals surface area (Å²) in [6.45, 7) is 6.80. The number of aromatic nitrogens is 3. The van der Waals surface area contributed by atoms with Crippen molar-refractivity contribution in [2.75, 3.05) is 37.6 Å². The number of nitrogens with one attached hydrogen (secondary N) is 1. The van der Waals surface area contributed by atoms with Crippen molar-refractivity contribution < 1.29 is 8.78 Å². The lowest BCUT2D eigenvalue weighted by molar-refractivity contribution is 0.370. The highest BCUT2D eigenvalue weighted by atomic mass is 127. The van der Waals surface area contributed by atoms with Crippen LogP contribution in [0.25, 0.3) is 0 Å². The van der Waals surface area contributed by atoms with Gasteiger partial charge in [-0.1, -0.05) is 0 Å². The van der Waals surface area contributed by atoms with E-state index in [0.29, 0.717) is 38.4 Å². The van der Waals surface area contributed by atoms with E-state index in [0.717, 1.165) is 49.6 Å². The normalized spacial score (nSPS) is 16.8. The van der Waals surface area contributed by atoms with Crippen molar-refractivity contribution in [3.63, 3.8) is 0 Å². The van der Waals surface area contributed by atoms with Gasteiger partial charge in [0.05, 0.1) is 5.69 Å². The summed E-state index contributed by atoms with van der Waals surface area (Å²) < 4.78 is 29.8. The lowest BCUT2D eigenvalue weighted by atomic mass is 10.2. The third-order valence-corrected chi connectivity index (χ3v) is 5.47. The lowest BCUT2D eigenvalue weighted by Crippen LogP contribution is -2.52. The largest absolute Gasteiger partial charge is 0.366 e. The maximum atomic E-state index is 14.1. The Morgan fingerprint density at radius 3 is 2.67 bits per heavy atom. The Kier molecular flexibility index (Phi) is 7.84. The average molecular weight is 531 g/mol. The maximum absolute atomic E-state index is 14.1. The molecular formula is C20H28F2IN7. The summed E-state index contributed by atoms with van der Waals surface area (Å²) >= 11 is 0. The Morgan fingerprint density at radius 1 is 1.10 bits per heavy atom. The molecule has 10 heteroatoms. The van der Waals surface area contributed by atoms with Crippen LogP contribution in [0.3, 0.4) is 0 Å². The van der Waals surface area contributed by atoms with E-state index in [1.54, 1.807) is 0 Å². The smallest absolute Gasteiger partial charge is 0.194 e. The van der Waals surface area contributed by atoms with E-state index in [1.807, 2.05) is 11.8 Å². The Morgan fingerprint density at radius 2 is 1.90 bits per heavy atom. The van der Waals surface area contributed by atoms with Crippen LogP contribution in [0.4, 0.5) is 14.5 Å². The van der Waals surface area contributed by atoms with Crippen LogP contribution >= 0.6 is 24.0 Å². The number of aliphatic imine (C=N–C) groups is 1. The molecule has 30 heavy (non-hydrogen) atoms. The predicted molar refractivity (Wildman–Crippen MR) is 123 cm³/mol. The van der Waals surface area contributed by atoms with Gasteiger partial charge in [0.1, 0.15) is 24.0 Å². The minimum Gasteiger partial charge on any atom is -0.366 e. The molecule has 0 spiro atoms. The first-order chi connectivity index (χ1) is 14.2. The molecule has 1 aromatic heterocycles. The topological polar surface area (TPSA) is 61.6 Å². The van der Waals surface area contributed by atoms with E-state index in [4.69, 9.17) is 4.99 Å². The second-order valence-electron chi connectivity index (χ2n) is 7.38. The van der Waals surface area contributed by atoms with Gasteiger partial charge < -0.3 is 19.7 Å². The first-order valence-corrected chi connectivity index (χ1v) is 10.3. The molecule has 0 unspecified atom stereocenters. The first kappa shape index (κ1) is 22.7. The second kappa shape index (κ2) is 10.4. The second-order valence-corrected chi connectivity index (χ2v) is 7.38. The molecule has 2 aliphatic rings. The molecule has 4 rings (SSSR count). The minimum absolute atomic E-state index is 0. The van der Waals surface area contributed by atoms with Crippen molar-refractivity contribution in [3.8, 4) is 0 Å². The lowest BCUT2D eigenvalue weighted by Gasteiger charge is -2.37. The Labute approximate surface area is 192 Å². The third-order valence-electron chi connectivity index (χ3n) is 5.47.